The lowest BCUT2D eigenvalue weighted by Crippen LogP contribution is -2.06. The molecule has 0 spiro atoms. The Hall–Kier alpha value is -4.04. The monoisotopic (exact) mass is 523 g/mol. The van der Waals surface area contributed by atoms with E-state index >= 15 is 0 Å². The van der Waals surface area contributed by atoms with Gasteiger partial charge in [0, 0.05) is 31.1 Å². The van der Waals surface area contributed by atoms with E-state index < -0.39 is 0 Å². The van der Waals surface area contributed by atoms with Crippen LogP contribution in [0.2, 0.25) is 5.15 Å². The Bertz CT molecular complexity index is 1290. The second-order valence-electron chi connectivity index (χ2n) is 8.00. The average Bonchev–Trinajstić information content (AvgIpc) is 2.82. The average molecular weight is 524 g/mol. The van der Waals surface area contributed by atoms with Gasteiger partial charge in [-0.05, 0) is 80.3 Å². The molecule has 3 aromatic rings. The molecule has 0 bridgehead atoms. The highest BCUT2D eigenvalue weighted by molar-refractivity contribution is 6.31. The number of hydrogen-bond acceptors (Lipinski definition) is 8. The SMILES string of the molecule is C.CCOC(=O)/C=C/c1ncc(C)cc1N.Cc1cnc(Cl)c(N)c1.Cc1cnc2c(c1)CC(=O)C=C2. The number of ketones is 1. The fourth-order valence-electron chi connectivity index (χ4n) is 3.00. The molecule has 9 heteroatoms. The molecule has 8 nitrogen and oxygen atoms in total. The molecule has 0 aliphatic heterocycles. The van der Waals surface area contributed by atoms with E-state index in [2.05, 4.69) is 15.0 Å². The lowest BCUT2D eigenvalue weighted by atomic mass is 10.0. The Labute approximate surface area is 223 Å². The summed E-state index contributed by atoms with van der Waals surface area (Å²) in [6.45, 7) is 7.92. The number of allylic oxidation sites excluding steroid dienone is 1. The zero-order valence-corrected chi connectivity index (χ0v) is 21.5. The second-order valence-corrected chi connectivity index (χ2v) is 8.36. The lowest BCUT2D eigenvalue weighted by Gasteiger charge is -2.08. The summed E-state index contributed by atoms with van der Waals surface area (Å²) in [5, 5.41) is 0.376. The molecule has 196 valence electrons. The first kappa shape index (κ1) is 31.0. The summed E-state index contributed by atoms with van der Waals surface area (Å²) in [4.78, 5) is 34.2. The largest absolute Gasteiger partial charge is 0.463 e. The smallest absolute Gasteiger partial charge is 0.330 e. The summed E-state index contributed by atoms with van der Waals surface area (Å²) in [7, 11) is 0. The highest BCUT2D eigenvalue weighted by atomic mass is 35.5. The maximum atomic E-state index is 11.0. The number of fused-ring (bicyclic) bond motifs is 1. The van der Waals surface area contributed by atoms with Crippen molar-refractivity contribution in [1.82, 2.24) is 15.0 Å². The fourth-order valence-corrected chi connectivity index (χ4v) is 3.11. The van der Waals surface area contributed by atoms with Crippen LogP contribution in [-0.4, -0.2) is 33.3 Å². The van der Waals surface area contributed by atoms with E-state index in [4.69, 9.17) is 27.8 Å². The maximum Gasteiger partial charge on any atom is 0.330 e. The van der Waals surface area contributed by atoms with Crippen LogP contribution in [0.3, 0.4) is 0 Å². The Morgan fingerprint density at radius 2 is 1.57 bits per heavy atom. The van der Waals surface area contributed by atoms with Crippen LogP contribution in [0.25, 0.3) is 12.2 Å². The zero-order chi connectivity index (χ0) is 26.7. The van der Waals surface area contributed by atoms with Crippen molar-refractivity contribution in [2.24, 2.45) is 0 Å². The Morgan fingerprint density at radius 3 is 2.16 bits per heavy atom. The van der Waals surface area contributed by atoms with Gasteiger partial charge in [-0.15, -0.1) is 0 Å². The Kier molecular flexibility index (Phi) is 12.7. The van der Waals surface area contributed by atoms with Crippen molar-refractivity contribution < 1.29 is 14.3 Å². The van der Waals surface area contributed by atoms with Gasteiger partial charge < -0.3 is 16.2 Å². The number of anilines is 2. The van der Waals surface area contributed by atoms with Crippen molar-refractivity contribution in [3.63, 3.8) is 0 Å². The highest BCUT2D eigenvalue weighted by Gasteiger charge is 2.10. The molecule has 0 amide bonds. The van der Waals surface area contributed by atoms with Gasteiger partial charge in [-0.1, -0.05) is 25.1 Å². The summed E-state index contributed by atoms with van der Waals surface area (Å²) in [6, 6.07) is 5.61. The molecule has 4 rings (SSSR count). The third-order valence-electron chi connectivity index (χ3n) is 4.68. The first-order chi connectivity index (χ1) is 17.1. The van der Waals surface area contributed by atoms with E-state index in [0.717, 1.165) is 27.9 Å². The summed E-state index contributed by atoms with van der Waals surface area (Å²) >= 11 is 5.54. The molecule has 3 aromatic heterocycles. The molecule has 1 aliphatic rings. The molecule has 0 aromatic carbocycles. The van der Waals surface area contributed by atoms with Gasteiger partial charge in [0.2, 0.25) is 0 Å². The number of hydrogen-bond donors (Lipinski definition) is 2. The second kappa shape index (κ2) is 15.2. The number of esters is 1. The van der Waals surface area contributed by atoms with Crippen molar-refractivity contribution in [2.75, 3.05) is 18.1 Å². The van der Waals surface area contributed by atoms with Crippen molar-refractivity contribution in [3.8, 4) is 0 Å². The molecule has 0 unspecified atom stereocenters. The Balaban J connectivity index is 0.000000282. The number of carbonyl (C=O) groups excluding carboxylic acids is 2. The lowest BCUT2D eigenvalue weighted by molar-refractivity contribution is -0.137. The third kappa shape index (κ3) is 10.6. The standard InChI is InChI=1S/C11H14N2O2.C10H9NO.C6H7ClN2.CH4/c1-3-15-11(14)5-4-10-9(12)6-8(2)7-13-10;1-7-4-8-5-9(12)2-3-10(8)11-6-7;1-4-2-5(8)6(7)9-3-4;/h4-7H,3,12H2,1-2H3;2-4,6H,5H2,1H3;2-3H,8H2,1H3;1H4/b5-4+;;;. The number of rotatable bonds is 3. The van der Waals surface area contributed by atoms with Gasteiger partial charge in [0.1, 0.15) is 0 Å². The van der Waals surface area contributed by atoms with Crippen molar-refractivity contribution >= 4 is 46.9 Å². The van der Waals surface area contributed by atoms with Crippen LogP contribution >= 0.6 is 11.6 Å². The van der Waals surface area contributed by atoms with Gasteiger partial charge >= 0.3 is 5.97 Å². The molecule has 4 N–H and O–H groups in total. The normalized spacial score (nSPS) is 11.3. The number of ether oxygens (including phenoxy) is 1. The summed E-state index contributed by atoms with van der Waals surface area (Å²) in [5.74, 6) is -0.228. The maximum absolute atomic E-state index is 11.0. The minimum absolute atomic E-state index is 0. The van der Waals surface area contributed by atoms with Gasteiger partial charge in [-0.25, -0.2) is 9.78 Å². The van der Waals surface area contributed by atoms with Gasteiger partial charge in [-0.3, -0.25) is 14.8 Å². The highest BCUT2D eigenvalue weighted by Crippen LogP contribution is 2.16. The van der Waals surface area contributed by atoms with E-state index in [1.807, 2.05) is 33.0 Å². The minimum Gasteiger partial charge on any atom is -0.463 e. The third-order valence-corrected chi connectivity index (χ3v) is 5.00. The van der Waals surface area contributed by atoms with E-state index in [1.165, 1.54) is 6.08 Å². The Morgan fingerprint density at radius 1 is 0.973 bits per heavy atom. The molecule has 1 aliphatic carbocycles. The topological polar surface area (TPSA) is 134 Å². The molecule has 0 fully saturated rings. The first-order valence-electron chi connectivity index (χ1n) is 11.2. The number of pyridine rings is 3. The number of nitrogens with zero attached hydrogens (tertiary/aromatic N) is 3. The number of carbonyl (C=O) groups is 2. The van der Waals surface area contributed by atoms with Crippen LogP contribution < -0.4 is 11.5 Å². The van der Waals surface area contributed by atoms with Crippen molar-refractivity contribution in [3.05, 3.63) is 87.7 Å². The van der Waals surface area contributed by atoms with Crippen LogP contribution in [0.15, 0.2) is 48.9 Å². The predicted octanol–water partition coefficient (Wildman–Crippen LogP) is 5.34. The summed E-state index contributed by atoms with van der Waals surface area (Å²) < 4.78 is 4.73. The van der Waals surface area contributed by atoms with E-state index in [1.54, 1.807) is 49.7 Å². The molecule has 0 saturated heterocycles. The van der Waals surface area contributed by atoms with Crippen molar-refractivity contribution in [2.45, 2.75) is 41.5 Å². The molecule has 0 atom stereocenters. The van der Waals surface area contributed by atoms with Gasteiger partial charge in [0.25, 0.3) is 0 Å². The van der Waals surface area contributed by atoms with E-state index in [0.29, 0.717) is 35.2 Å². The van der Waals surface area contributed by atoms with Crippen LogP contribution in [0.1, 0.15) is 48.0 Å². The molecular weight excluding hydrogens is 490 g/mol. The summed E-state index contributed by atoms with van der Waals surface area (Å²) in [5.41, 5.74) is 17.9. The quantitative estimate of drug-likeness (QED) is 0.267. The molecule has 0 saturated carbocycles. The number of aromatic nitrogens is 3. The van der Waals surface area contributed by atoms with E-state index in [9.17, 15) is 9.59 Å². The van der Waals surface area contributed by atoms with Crippen LogP contribution in [0, 0.1) is 20.8 Å². The molecule has 37 heavy (non-hydrogen) atoms. The number of halogens is 1. The van der Waals surface area contributed by atoms with Crippen LogP contribution in [0.5, 0.6) is 0 Å². The fraction of sp³-hybridized carbons (Fsp3) is 0.250. The van der Waals surface area contributed by atoms with Crippen LogP contribution in [-0.2, 0) is 20.7 Å². The zero-order valence-electron chi connectivity index (χ0n) is 20.8. The first-order valence-corrected chi connectivity index (χ1v) is 11.6. The van der Waals surface area contributed by atoms with Gasteiger partial charge in [-0.2, -0.15) is 0 Å². The molecular formula is C28H34ClN5O3. The number of nitrogen functional groups attached to an aromatic ring is 2. The van der Waals surface area contributed by atoms with Gasteiger partial charge in [0.05, 0.1) is 29.4 Å². The number of aryl methyl sites for hydroxylation is 3. The van der Waals surface area contributed by atoms with Crippen molar-refractivity contribution in [1.29, 1.82) is 0 Å². The predicted molar refractivity (Wildman–Crippen MR) is 151 cm³/mol. The number of nitrogens with two attached hydrogens (primary N) is 2. The van der Waals surface area contributed by atoms with Gasteiger partial charge in [0.15, 0.2) is 10.9 Å². The summed E-state index contributed by atoms with van der Waals surface area (Å²) in [6.07, 6.45) is 11.9. The van der Waals surface area contributed by atoms with Crippen LogP contribution in [0.4, 0.5) is 11.4 Å². The molecule has 0 radical (unpaired) electrons. The molecule has 3 heterocycles. The minimum atomic E-state index is -0.390. The van der Waals surface area contributed by atoms with E-state index in [-0.39, 0.29) is 19.2 Å².